The molecule has 0 N–H and O–H groups in total. The van der Waals surface area contributed by atoms with E-state index in [0.717, 1.165) is 48.9 Å². The minimum Gasteiger partial charge on any atom is -0.298 e. The molecule has 3 heterocycles. The van der Waals surface area contributed by atoms with Gasteiger partial charge in [0.25, 0.3) is 0 Å². The number of halogens is 2. The molecular weight excluding hydrogens is 324 g/mol. The first-order chi connectivity index (χ1) is 12.1. The van der Waals surface area contributed by atoms with Crippen molar-refractivity contribution in [3.05, 3.63) is 53.5 Å². The Bertz CT molecular complexity index is 908. The fourth-order valence-electron chi connectivity index (χ4n) is 3.61. The second-order valence-corrected chi connectivity index (χ2v) is 6.55. The fourth-order valence-corrected chi connectivity index (χ4v) is 3.61. The van der Waals surface area contributed by atoms with E-state index in [0.29, 0.717) is 12.1 Å². The summed E-state index contributed by atoms with van der Waals surface area (Å²) in [6, 6.07) is 3.62. The molecule has 0 bridgehead atoms. The zero-order chi connectivity index (χ0) is 17.4. The van der Waals surface area contributed by atoms with Gasteiger partial charge in [-0.1, -0.05) is 0 Å². The molecule has 5 nitrogen and oxygen atoms in total. The topological polar surface area (TPSA) is 46.8 Å². The van der Waals surface area contributed by atoms with Gasteiger partial charge < -0.3 is 0 Å². The smallest absolute Gasteiger partial charge is 0.176 e. The molecule has 1 fully saturated rings. The number of likely N-dealkylation sites (tertiary alicyclic amines) is 1. The maximum atomic E-state index is 13.9. The van der Waals surface area contributed by atoms with Crippen LogP contribution in [0.15, 0.2) is 30.6 Å². The summed E-state index contributed by atoms with van der Waals surface area (Å²) in [5, 5.41) is 4.62. The zero-order valence-electron chi connectivity index (χ0n) is 14.0. The number of nitrogens with zero attached hydrogens (tertiary/aromatic N) is 5. The first kappa shape index (κ1) is 16.1. The molecule has 1 saturated heterocycles. The number of piperidine rings is 1. The van der Waals surface area contributed by atoms with Crippen LogP contribution < -0.4 is 0 Å². The van der Waals surface area contributed by atoms with Crippen molar-refractivity contribution >= 4 is 11.2 Å². The highest BCUT2D eigenvalue weighted by Gasteiger charge is 2.27. The molecule has 2 aromatic heterocycles. The Kier molecular flexibility index (Phi) is 4.17. The van der Waals surface area contributed by atoms with E-state index in [4.69, 9.17) is 0 Å². The predicted octanol–water partition coefficient (Wildman–Crippen LogP) is 3.02. The van der Waals surface area contributed by atoms with Gasteiger partial charge in [-0.15, -0.1) is 0 Å². The summed E-state index contributed by atoms with van der Waals surface area (Å²) in [5.41, 5.74) is 2.93. The predicted molar refractivity (Wildman–Crippen MR) is 89.9 cm³/mol. The first-order valence-corrected chi connectivity index (χ1v) is 8.41. The van der Waals surface area contributed by atoms with Crippen molar-refractivity contribution in [1.29, 1.82) is 0 Å². The molecule has 0 saturated carbocycles. The van der Waals surface area contributed by atoms with Crippen LogP contribution in [0.25, 0.3) is 11.2 Å². The van der Waals surface area contributed by atoms with Crippen molar-refractivity contribution in [3.8, 4) is 0 Å². The number of hydrogen-bond donors (Lipinski definition) is 0. The van der Waals surface area contributed by atoms with E-state index in [-0.39, 0.29) is 11.7 Å². The largest absolute Gasteiger partial charge is 0.298 e. The van der Waals surface area contributed by atoms with Crippen LogP contribution in [-0.4, -0.2) is 37.7 Å². The lowest BCUT2D eigenvalue weighted by molar-refractivity contribution is 0.196. The normalized spacial score (nSPS) is 18.8. The molecule has 0 radical (unpaired) electrons. The van der Waals surface area contributed by atoms with E-state index in [1.807, 2.05) is 7.05 Å². The summed E-state index contributed by atoms with van der Waals surface area (Å²) < 4.78 is 29.1. The average Bonchev–Trinajstić information content (AvgIpc) is 2.96. The SMILES string of the molecule is Cn1nc([C@H]2CCCN(Cc3cc(F)ccc3F)C2)c2nccnc21. The van der Waals surface area contributed by atoms with E-state index >= 15 is 0 Å². The van der Waals surface area contributed by atoms with E-state index < -0.39 is 5.82 Å². The molecule has 1 atom stereocenters. The summed E-state index contributed by atoms with van der Waals surface area (Å²) in [6.07, 6.45) is 5.33. The summed E-state index contributed by atoms with van der Waals surface area (Å²) in [5.74, 6) is -0.556. The molecule has 3 aromatic rings. The molecule has 130 valence electrons. The molecule has 1 aromatic carbocycles. The van der Waals surface area contributed by atoms with Gasteiger partial charge in [0, 0.05) is 44.0 Å². The van der Waals surface area contributed by atoms with Crippen LogP contribution in [0.2, 0.25) is 0 Å². The Morgan fingerprint density at radius 3 is 2.92 bits per heavy atom. The van der Waals surface area contributed by atoms with Crippen LogP contribution in [-0.2, 0) is 13.6 Å². The van der Waals surface area contributed by atoms with Crippen molar-refractivity contribution in [2.75, 3.05) is 13.1 Å². The van der Waals surface area contributed by atoms with Crippen LogP contribution in [0.5, 0.6) is 0 Å². The van der Waals surface area contributed by atoms with Gasteiger partial charge in [-0.3, -0.25) is 4.90 Å². The molecule has 7 heteroatoms. The third-order valence-electron chi connectivity index (χ3n) is 4.78. The summed E-state index contributed by atoms with van der Waals surface area (Å²) in [6.45, 7) is 2.01. The molecule has 25 heavy (non-hydrogen) atoms. The van der Waals surface area contributed by atoms with Crippen molar-refractivity contribution in [2.24, 2.45) is 7.05 Å². The summed E-state index contributed by atoms with van der Waals surface area (Å²) >= 11 is 0. The number of aryl methyl sites for hydroxylation is 1. The Hall–Kier alpha value is -2.41. The highest BCUT2D eigenvalue weighted by molar-refractivity contribution is 5.73. The van der Waals surface area contributed by atoms with Crippen molar-refractivity contribution in [2.45, 2.75) is 25.3 Å². The van der Waals surface area contributed by atoms with Crippen LogP contribution >= 0.6 is 0 Å². The summed E-state index contributed by atoms with van der Waals surface area (Å²) in [7, 11) is 1.86. The van der Waals surface area contributed by atoms with Crippen molar-refractivity contribution in [1.82, 2.24) is 24.6 Å². The number of hydrogen-bond acceptors (Lipinski definition) is 4. The molecule has 4 rings (SSSR count). The van der Waals surface area contributed by atoms with Gasteiger partial charge in [0.15, 0.2) is 5.65 Å². The molecule has 1 aliphatic heterocycles. The lowest BCUT2D eigenvalue weighted by Gasteiger charge is -2.32. The number of benzene rings is 1. The maximum absolute atomic E-state index is 13.9. The van der Waals surface area contributed by atoms with Gasteiger partial charge >= 0.3 is 0 Å². The van der Waals surface area contributed by atoms with Gasteiger partial charge in [-0.05, 0) is 37.6 Å². The number of aromatic nitrogens is 4. The minimum atomic E-state index is -0.407. The van der Waals surface area contributed by atoms with Crippen LogP contribution in [0.3, 0.4) is 0 Å². The second kappa shape index (κ2) is 6.48. The standard InChI is InChI=1S/C18H19F2N5/c1-24-18-17(21-6-7-22-18)16(23-24)12-3-2-8-25(10-12)11-13-9-14(19)4-5-15(13)20/h4-7,9,12H,2-3,8,10-11H2,1H3/t12-/m0/s1. The van der Waals surface area contributed by atoms with E-state index in [2.05, 4.69) is 20.0 Å². The molecule has 0 aliphatic carbocycles. The Morgan fingerprint density at radius 2 is 2.04 bits per heavy atom. The van der Waals surface area contributed by atoms with Crippen LogP contribution in [0.1, 0.15) is 30.0 Å². The van der Waals surface area contributed by atoms with Gasteiger partial charge in [0.2, 0.25) is 0 Å². The van der Waals surface area contributed by atoms with Crippen molar-refractivity contribution in [3.63, 3.8) is 0 Å². The van der Waals surface area contributed by atoms with Gasteiger partial charge in [0.05, 0.1) is 5.69 Å². The number of rotatable bonds is 3. The van der Waals surface area contributed by atoms with Gasteiger partial charge in [-0.2, -0.15) is 5.10 Å². The second-order valence-electron chi connectivity index (χ2n) is 6.55. The maximum Gasteiger partial charge on any atom is 0.176 e. The van der Waals surface area contributed by atoms with E-state index in [1.165, 1.54) is 12.1 Å². The first-order valence-electron chi connectivity index (χ1n) is 8.41. The monoisotopic (exact) mass is 343 g/mol. The molecular formula is C18H19F2N5. The summed E-state index contributed by atoms with van der Waals surface area (Å²) in [4.78, 5) is 10.9. The molecule has 0 unspecified atom stereocenters. The van der Waals surface area contributed by atoms with Crippen LogP contribution in [0.4, 0.5) is 8.78 Å². The Balaban J connectivity index is 1.57. The zero-order valence-corrected chi connectivity index (χ0v) is 14.0. The average molecular weight is 343 g/mol. The Morgan fingerprint density at radius 1 is 1.20 bits per heavy atom. The van der Waals surface area contributed by atoms with Gasteiger partial charge in [0.1, 0.15) is 17.2 Å². The Labute approximate surface area is 144 Å². The number of fused-ring (bicyclic) bond motifs is 1. The van der Waals surface area contributed by atoms with E-state index in [9.17, 15) is 8.78 Å². The van der Waals surface area contributed by atoms with Crippen molar-refractivity contribution < 1.29 is 8.78 Å². The van der Waals surface area contributed by atoms with Gasteiger partial charge in [-0.25, -0.2) is 23.4 Å². The fraction of sp³-hybridized carbons (Fsp3) is 0.389. The van der Waals surface area contributed by atoms with Crippen LogP contribution in [0, 0.1) is 11.6 Å². The lowest BCUT2D eigenvalue weighted by atomic mass is 9.94. The molecule has 0 amide bonds. The van der Waals surface area contributed by atoms with E-state index in [1.54, 1.807) is 17.1 Å². The third kappa shape index (κ3) is 3.11. The third-order valence-corrected chi connectivity index (χ3v) is 4.78. The lowest BCUT2D eigenvalue weighted by Crippen LogP contribution is -2.34. The highest BCUT2D eigenvalue weighted by Crippen LogP contribution is 2.30. The molecule has 0 spiro atoms. The molecule has 1 aliphatic rings. The minimum absolute atomic E-state index is 0.214. The highest BCUT2D eigenvalue weighted by atomic mass is 19.1. The quantitative estimate of drug-likeness (QED) is 0.733.